The van der Waals surface area contributed by atoms with Crippen LogP contribution in [-0.4, -0.2) is 39.9 Å². The molecule has 0 fully saturated rings. The molecule has 0 radical (unpaired) electrons. The molecule has 0 saturated heterocycles. The second-order valence-corrected chi connectivity index (χ2v) is 36.5. The first-order chi connectivity index (χ1) is 69.3. The number of rotatable bonds is 8. The van der Waals surface area contributed by atoms with Gasteiger partial charge in [0.1, 0.15) is 33.5 Å². The standard InChI is InChI=1S/2C34H20N2O.C30H18N2O.C30H18N2S/c1-2-9-22(10-3-1)31-29-19-14-21-8-4-5-11-25(21)32(29)36-34(35-31)24-16-17-26-23(20-24)15-18-28-27-12-6-7-13-30(27)37-33(26)28;1-2-9-22(10-3-1)32-31-25-11-5-4-8-21(25)16-19-29(31)35-34(36-32)24-15-17-26-23(20-24)14-18-28-27-12-6-7-13-30(27)37-33(26)28;1-2-8-19(9-3-1)28-25-11-4-6-12-26(25)31-30(32-28)21-15-16-22-20(18-21)14-17-24-23-10-5-7-13-27(23)33-29(22)24;1-2-8-19(9-3-1)29-24-11-4-6-12-26(24)31-30(32-29)21-15-14-20-18-28-25(17-22(20)16-21)23-10-5-7-13-27(23)33-28/h2*1-20H;2*1-18H. The van der Waals surface area contributed by atoms with E-state index in [2.05, 4.69) is 352 Å². The molecule has 652 valence electrons. The summed E-state index contributed by atoms with van der Waals surface area (Å²) in [6.45, 7) is 0. The molecular weight excluding hydrogens is 1730 g/mol. The Balaban J connectivity index is 0.0000000939. The largest absolute Gasteiger partial charge is 0.455 e. The van der Waals surface area contributed by atoms with Gasteiger partial charge in [0.2, 0.25) is 0 Å². The fourth-order valence-electron chi connectivity index (χ4n) is 20.2. The van der Waals surface area contributed by atoms with Gasteiger partial charge in [0.25, 0.3) is 0 Å². The molecule has 140 heavy (non-hydrogen) atoms. The van der Waals surface area contributed by atoms with Crippen molar-refractivity contribution in [1.82, 2.24) is 39.9 Å². The SMILES string of the molecule is c1ccc(-c2nc(-c3ccc4c(ccc5c6ccccc6oc45)c3)nc3c2ccc2ccccc23)cc1.c1ccc(-c2nc(-c3ccc4c(ccc5c6ccccc6oc45)c3)nc3ccc4ccccc4c23)cc1.c1ccc(-c2nc(-c3ccc4c(ccc5c6ccccc6oc45)c3)nc3ccccc23)cc1.c1ccc(-c2nc(-c3ccc4cc5sc6ccccc6c5cc4c3)nc3ccccc23)cc1. The van der Waals surface area contributed by atoms with Gasteiger partial charge in [-0.1, -0.05) is 340 Å². The quantitative estimate of drug-likeness (QED) is 0.134. The Kier molecular flexibility index (Phi) is 19.5. The number of furan rings is 3. The molecule has 0 spiro atoms. The van der Waals surface area contributed by atoms with Gasteiger partial charge in [-0.3, -0.25) is 0 Å². The minimum atomic E-state index is 0.716. The third-order valence-electron chi connectivity index (χ3n) is 27.0. The summed E-state index contributed by atoms with van der Waals surface area (Å²) in [5, 5.41) is 27.4. The highest BCUT2D eigenvalue weighted by Crippen LogP contribution is 2.45. The first kappa shape index (κ1) is 81.0. The Morgan fingerprint density at radius 2 is 0.486 bits per heavy atom. The van der Waals surface area contributed by atoms with Gasteiger partial charge in [-0.15, -0.1) is 11.3 Å². The summed E-state index contributed by atoms with van der Waals surface area (Å²) < 4.78 is 21.4. The van der Waals surface area contributed by atoms with Gasteiger partial charge in [0.15, 0.2) is 23.3 Å². The average Bonchev–Trinajstić information content (AvgIpc) is 1.66. The van der Waals surface area contributed by atoms with E-state index >= 15 is 0 Å². The molecule has 8 aromatic heterocycles. The van der Waals surface area contributed by atoms with Gasteiger partial charge in [-0.2, -0.15) is 0 Å². The van der Waals surface area contributed by atoms with E-state index in [4.69, 9.17) is 53.1 Å². The van der Waals surface area contributed by atoms with Crippen LogP contribution in [0.25, 0.3) is 285 Å². The minimum absolute atomic E-state index is 0.716. The fraction of sp³-hybridized carbons (Fsp3) is 0. The van der Waals surface area contributed by atoms with Crippen molar-refractivity contribution >= 4 is 206 Å². The summed E-state index contributed by atoms with van der Waals surface area (Å²) >= 11 is 1.85. The van der Waals surface area contributed by atoms with Crippen molar-refractivity contribution in [1.29, 1.82) is 0 Å². The van der Waals surface area contributed by atoms with E-state index in [-0.39, 0.29) is 0 Å². The lowest BCUT2D eigenvalue weighted by Crippen LogP contribution is -1.96. The molecule has 0 atom stereocenters. The van der Waals surface area contributed by atoms with E-state index in [1.165, 1.54) is 41.7 Å². The lowest BCUT2D eigenvalue weighted by Gasteiger charge is -2.12. The van der Waals surface area contributed by atoms with Crippen molar-refractivity contribution in [3.63, 3.8) is 0 Å². The maximum absolute atomic E-state index is 6.26. The second-order valence-electron chi connectivity index (χ2n) is 35.4. The first-order valence-electron chi connectivity index (χ1n) is 46.9. The van der Waals surface area contributed by atoms with Gasteiger partial charge in [0, 0.05) is 140 Å². The van der Waals surface area contributed by atoms with E-state index in [1.54, 1.807) is 0 Å². The zero-order chi connectivity index (χ0) is 92.2. The Morgan fingerprint density at radius 1 is 0.157 bits per heavy atom. The van der Waals surface area contributed by atoms with E-state index in [9.17, 15) is 0 Å². The van der Waals surface area contributed by atoms with Crippen molar-refractivity contribution < 1.29 is 13.3 Å². The van der Waals surface area contributed by atoms with Crippen LogP contribution in [0.15, 0.2) is 474 Å². The summed E-state index contributed by atoms with van der Waals surface area (Å²) in [5.74, 6) is 2.91. The molecule has 30 rings (SSSR count). The van der Waals surface area contributed by atoms with Gasteiger partial charge in [0.05, 0.1) is 44.8 Å². The molecule has 11 nitrogen and oxygen atoms in total. The molecule has 0 amide bonds. The summed E-state index contributed by atoms with van der Waals surface area (Å²) in [4.78, 5) is 40.3. The van der Waals surface area contributed by atoms with Crippen LogP contribution in [0.4, 0.5) is 0 Å². The molecule has 0 N–H and O–H groups in total. The van der Waals surface area contributed by atoms with Gasteiger partial charge >= 0.3 is 0 Å². The molecule has 12 heteroatoms. The van der Waals surface area contributed by atoms with E-state index in [0.717, 1.165) is 231 Å². The van der Waals surface area contributed by atoms with Crippen molar-refractivity contribution in [3.8, 4) is 90.6 Å². The van der Waals surface area contributed by atoms with Crippen molar-refractivity contribution in [2.24, 2.45) is 0 Å². The maximum atomic E-state index is 6.26. The van der Waals surface area contributed by atoms with E-state index in [0.29, 0.717) is 11.6 Å². The molecule has 0 aliphatic carbocycles. The van der Waals surface area contributed by atoms with Crippen LogP contribution in [0.1, 0.15) is 0 Å². The van der Waals surface area contributed by atoms with Crippen LogP contribution in [-0.2, 0) is 0 Å². The maximum Gasteiger partial charge on any atom is 0.160 e. The molecule has 0 unspecified atom stereocenters. The Bertz CT molecular complexity index is 10300. The van der Waals surface area contributed by atoms with E-state index in [1.807, 2.05) is 121 Å². The zero-order valence-corrected chi connectivity index (χ0v) is 75.9. The number of hydrogen-bond acceptors (Lipinski definition) is 12. The molecule has 0 saturated carbocycles. The monoisotopic (exact) mass is 1800 g/mol. The van der Waals surface area contributed by atoms with Crippen LogP contribution < -0.4 is 0 Å². The summed E-state index contributed by atoms with van der Waals surface area (Å²) in [6.07, 6.45) is 0. The van der Waals surface area contributed by atoms with Crippen LogP contribution in [0.3, 0.4) is 0 Å². The van der Waals surface area contributed by atoms with Gasteiger partial charge < -0.3 is 13.3 Å². The Hall–Kier alpha value is -18.6. The van der Waals surface area contributed by atoms with E-state index < -0.39 is 0 Å². The fourth-order valence-corrected chi connectivity index (χ4v) is 21.4. The number of fused-ring (bicyclic) bond motifs is 27. The zero-order valence-electron chi connectivity index (χ0n) is 75.1. The molecule has 22 aromatic carbocycles. The summed E-state index contributed by atoms with van der Waals surface area (Å²) in [6, 6.07) is 160. The Morgan fingerprint density at radius 3 is 0.971 bits per heavy atom. The van der Waals surface area contributed by atoms with Crippen molar-refractivity contribution in [2.45, 2.75) is 0 Å². The smallest absolute Gasteiger partial charge is 0.160 e. The molecule has 8 heterocycles. The van der Waals surface area contributed by atoms with Crippen molar-refractivity contribution in [2.75, 3.05) is 0 Å². The number of nitrogens with zero attached hydrogens (tertiary/aromatic N) is 8. The average molecular weight is 1810 g/mol. The van der Waals surface area contributed by atoms with Crippen LogP contribution >= 0.6 is 11.3 Å². The number of thiophene rings is 1. The topological polar surface area (TPSA) is 143 Å². The number of hydrogen-bond donors (Lipinski definition) is 0. The van der Waals surface area contributed by atoms with Crippen molar-refractivity contribution in [3.05, 3.63) is 461 Å². The van der Waals surface area contributed by atoms with Gasteiger partial charge in [-0.25, -0.2) is 39.9 Å². The third kappa shape index (κ3) is 14.3. The van der Waals surface area contributed by atoms with Crippen LogP contribution in [0, 0.1) is 0 Å². The molecular formula is C128H76N8O3S. The number of para-hydroxylation sites is 5. The summed E-state index contributed by atoms with van der Waals surface area (Å²) in [5.41, 5.74) is 21.4. The first-order valence-corrected chi connectivity index (χ1v) is 47.7. The predicted octanol–water partition coefficient (Wildman–Crippen LogP) is 34.8. The third-order valence-corrected chi connectivity index (χ3v) is 28.2. The highest BCUT2D eigenvalue weighted by atomic mass is 32.1. The van der Waals surface area contributed by atoms with Crippen LogP contribution in [0.5, 0.6) is 0 Å². The predicted molar refractivity (Wildman–Crippen MR) is 581 cm³/mol. The highest BCUT2D eigenvalue weighted by Gasteiger charge is 2.23. The lowest BCUT2D eigenvalue weighted by molar-refractivity contribution is 0.672. The molecule has 30 aromatic rings. The van der Waals surface area contributed by atoms with Gasteiger partial charge in [-0.05, 0) is 164 Å². The highest BCUT2D eigenvalue weighted by molar-refractivity contribution is 7.25. The normalized spacial score (nSPS) is 11.7. The second kappa shape index (κ2) is 33.8. The van der Waals surface area contributed by atoms with Crippen LogP contribution in [0.2, 0.25) is 0 Å². The number of aromatic nitrogens is 8. The Labute approximate surface area is 804 Å². The molecule has 0 bridgehead atoms. The molecule has 0 aliphatic heterocycles. The molecule has 0 aliphatic rings. The number of benzene rings is 22. The lowest BCUT2D eigenvalue weighted by atomic mass is 9.99. The minimum Gasteiger partial charge on any atom is -0.455 e. The summed E-state index contributed by atoms with van der Waals surface area (Å²) in [7, 11) is 0.